The summed E-state index contributed by atoms with van der Waals surface area (Å²) in [6.45, 7) is 3.21. The van der Waals surface area contributed by atoms with Crippen LogP contribution in [0.25, 0.3) is 0 Å². The molecule has 0 spiro atoms. The van der Waals surface area contributed by atoms with E-state index in [1.165, 1.54) is 14.2 Å². The Morgan fingerprint density at radius 2 is 1.30 bits per heavy atom. The molecule has 33 heavy (non-hydrogen) atoms. The van der Waals surface area contributed by atoms with Crippen LogP contribution in [0.5, 0.6) is 0 Å². The third-order valence-electron chi connectivity index (χ3n) is 5.87. The van der Waals surface area contributed by atoms with Gasteiger partial charge in [-0.1, -0.05) is 79.7 Å². The minimum absolute atomic E-state index is 0.0308. The summed E-state index contributed by atoms with van der Waals surface area (Å²) >= 11 is 0. The van der Waals surface area contributed by atoms with E-state index in [9.17, 15) is 9.59 Å². The van der Waals surface area contributed by atoms with Gasteiger partial charge in [0.25, 0.3) is 0 Å². The fraction of sp³-hybridized carbons (Fsp3) is 0.286. The van der Waals surface area contributed by atoms with Gasteiger partial charge in [0.2, 0.25) is 0 Å². The molecule has 0 aliphatic carbocycles. The van der Waals surface area contributed by atoms with Gasteiger partial charge in [-0.15, -0.1) is 0 Å². The molecule has 0 heterocycles. The van der Waals surface area contributed by atoms with Crippen LogP contribution < -0.4 is 0 Å². The van der Waals surface area contributed by atoms with Gasteiger partial charge in [0.15, 0.2) is 0 Å². The van der Waals surface area contributed by atoms with Crippen molar-refractivity contribution in [1.29, 1.82) is 0 Å². The number of esters is 2. The Kier molecular flexibility index (Phi) is 8.79. The number of hydrogen-bond acceptors (Lipinski definition) is 5. The van der Waals surface area contributed by atoms with Gasteiger partial charge in [-0.3, -0.25) is 9.69 Å². The van der Waals surface area contributed by atoms with Crippen LogP contribution in [0.3, 0.4) is 0 Å². The van der Waals surface area contributed by atoms with Gasteiger partial charge in [0, 0.05) is 19.0 Å². The van der Waals surface area contributed by atoms with Gasteiger partial charge < -0.3 is 9.47 Å². The second-order valence-corrected chi connectivity index (χ2v) is 7.97. The molecule has 5 nitrogen and oxygen atoms in total. The van der Waals surface area contributed by atoms with E-state index >= 15 is 0 Å². The second-order valence-electron chi connectivity index (χ2n) is 7.97. The van der Waals surface area contributed by atoms with Crippen LogP contribution in [-0.2, 0) is 27.4 Å². The summed E-state index contributed by atoms with van der Waals surface area (Å²) in [5, 5.41) is 0. The number of methoxy groups -OCH3 is 2. The highest BCUT2D eigenvalue weighted by Gasteiger charge is 2.35. The summed E-state index contributed by atoms with van der Waals surface area (Å²) in [6.07, 6.45) is 0.788. The number of rotatable bonds is 10. The first-order chi connectivity index (χ1) is 16.1. The zero-order chi connectivity index (χ0) is 23.6. The Hall–Kier alpha value is -3.44. The minimum Gasteiger partial charge on any atom is -0.468 e. The normalized spacial score (nSPS) is 12.7. The van der Waals surface area contributed by atoms with Crippen LogP contribution >= 0.6 is 0 Å². The fourth-order valence-electron chi connectivity index (χ4n) is 4.20. The lowest BCUT2D eigenvalue weighted by molar-refractivity contribution is -0.148. The van der Waals surface area contributed by atoms with E-state index in [-0.39, 0.29) is 17.9 Å². The largest absolute Gasteiger partial charge is 0.468 e. The smallest absolute Gasteiger partial charge is 0.337 e. The molecule has 0 amide bonds. The van der Waals surface area contributed by atoms with Crippen molar-refractivity contribution in [3.05, 3.63) is 107 Å². The van der Waals surface area contributed by atoms with Crippen LogP contribution in [0, 0.1) is 0 Å². The third kappa shape index (κ3) is 6.30. The van der Waals surface area contributed by atoms with Crippen LogP contribution in [-0.4, -0.2) is 37.1 Å². The van der Waals surface area contributed by atoms with Gasteiger partial charge >= 0.3 is 11.9 Å². The number of hydrogen-bond donors (Lipinski definition) is 0. The lowest BCUT2D eigenvalue weighted by atomic mass is 9.87. The zero-order valence-electron chi connectivity index (χ0n) is 19.4. The van der Waals surface area contributed by atoms with Crippen molar-refractivity contribution in [2.45, 2.75) is 38.4 Å². The molecule has 0 aromatic heterocycles. The summed E-state index contributed by atoms with van der Waals surface area (Å²) in [7, 11) is 2.81. The Morgan fingerprint density at radius 3 is 1.82 bits per heavy atom. The van der Waals surface area contributed by atoms with E-state index in [0.29, 0.717) is 18.7 Å². The predicted octanol–water partition coefficient (Wildman–Crippen LogP) is 5.21. The first kappa shape index (κ1) is 24.2. The summed E-state index contributed by atoms with van der Waals surface area (Å²) in [4.78, 5) is 27.1. The van der Waals surface area contributed by atoms with E-state index in [4.69, 9.17) is 9.47 Å². The summed E-state index contributed by atoms with van der Waals surface area (Å²) in [5.74, 6) is -0.658. The zero-order valence-corrected chi connectivity index (χ0v) is 19.4. The number of benzene rings is 3. The molecule has 0 fully saturated rings. The van der Waals surface area contributed by atoms with E-state index in [2.05, 4.69) is 36.1 Å². The second kappa shape index (κ2) is 12.0. The molecule has 0 unspecified atom stereocenters. The molecule has 0 bridgehead atoms. The summed E-state index contributed by atoms with van der Waals surface area (Å²) in [5.41, 5.74) is 3.71. The number of ether oxygens (including phenoxy) is 2. The van der Waals surface area contributed by atoms with Gasteiger partial charge in [-0.05, 0) is 35.2 Å². The van der Waals surface area contributed by atoms with Crippen LogP contribution in [0.2, 0.25) is 0 Å². The van der Waals surface area contributed by atoms with Crippen molar-refractivity contribution in [1.82, 2.24) is 4.90 Å². The van der Waals surface area contributed by atoms with Crippen LogP contribution in [0.4, 0.5) is 0 Å². The van der Waals surface area contributed by atoms with E-state index in [1.807, 2.05) is 48.5 Å². The molecule has 3 aromatic carbocycles. The molecule has 0 N–H and O–H groups in total. The van der Waals surface area contributed by atoms with Crippen molar-refractivity contribution in [3.63, 3.8) is 0 Å². The quantitative estimate of drug-likeness (QED) is 0.401. The summed E-state index contributed by atoms with van der Waals surface area (Å²) in [6, 6.07) is 27.1. The van der Waals surface area contributed by atoms with E-state index < -0.39 is 6.04 Å². The number of carbonyl (C=O) groups excluding carboxylic acids is 2. The molecule has 0 radical (unpaired) electrons. The average Bonchev–Trinajstić information content (AvgIpc) is 2.87. The van der Waals surface area contributed by atoms with Crippen molar-refractivity contribution in [2.75, 3.05) is 14.2 Å². The van der Waals surface area contributed by atoms with Gasteiger partial charge in [-0.25, -0.2) is 4.79 Å². The molecule has 3 aromatic rings. The van der Waals surface area contributed by atoms with Crippen molar-refractivity contribution >= 4 is 11.9 Å². The van der Waals surface area contributed by atoms with Crippen molar-refractivity contribution in [3.8, 4) is 0 Å². The maximum atomic E-state index is 13.2. The van der Waals surface area contributed by atoms with Gasteiger partial charge in [0.05, 0.1) is 19.8 Å². The van der Waals surface area contributed by atoms with E-state index in [0.717, 1.165) is 23.1 Å². The Bertz CT molecular complexity index is 1020. The molecule has 2 atom stereocenters. The van der Waals surface area contributed by atoms with Crippen LogP contribution in [0.15, 0.2) is 84.9 Å². The Labute approximate surface area is 196 Å². The van der Waals surface area contributed by atoms with Crippen LogP contribution in [0.1, 0.15) is 46.3 Å². The highest BCUT2D eigenvalue weighted by Crippen LogP contribution is 2.30. The molecular weight excluding hydrogens is 414 g/mol. The number of carbonyl (C=O) groups is 2. The lowest BCUT2D eigenvalue weighted by Gasteiger charge is -2.35. The highest BCUT2D eigenvalue weighted by atomic mass is 16.5. The van der Waals surface area contributed by atoms with Crippen molar-refractivity contribution < 1.29 is 19.1 Å². The molecule has 0 aliphatic rings. The molecule has 0 saturated heterocycles. The Morgan fingerprint density at radius 1 is 0.758 bits per heavy atom. The molecular formula is C28H31NO4. The number of nitrogens with zero attached hydrogens (tertiary/aromatic N) is 1. The standard InChI is InChI=1S/C28H31NO4/c1-4-25(23-13-9-6-10-14-23)26(28(31)33-3)29(19-21-11-7-5-8-12-21)20-22-15-17-24(18-16-22)27(30)32-2/h5-18,25-26H,4,19-20H2,1-3H3/t25-,26-/m0/s1. The first-order valence-electron chi connectivity index (χ1n) is 11.1. The SMILES string of the molecule is CC[C@@H](c1ccccc1)[C@@H](C(=O)OC)N(Cc1ccccc1)Cc1ccc(C(=O)OC)cc1. The highest BCUT2D eigenvalue weighted by molar-refractivity contribution is 5.89. The molecule has 0 aliphatic heterocycles. The monoisotopic (exact) mass is 445 g/mol. The maximum absolute atomic E-state index is 13.2. The van der Waals surface area contributed by atoms with Crippen molar-refractivity contribution in [2.24, 2.45) is 0 Å². The predicted molar refractivity (Wildman–Crippen MR) is 129 cm³/mol. The first-order valence-corrected chi connectivity index (χ1v) is 11.1. The minimum atomic E-state index is -0.470. The maximum Gasteiger partial charge on any atom is 0.337 e. The summed E-state index contributed by atoms with van der Waals surface area (Å²) < 4.78 is 10.1. The van der Waals surface area contributed by atoms with Gasteiger partial charge in [-0.2, -0.15) is 0 Å². The topological polar surface area (TPSA) is 55.8 Å². The molecule has 0 saturated carbocycles. The Balaban J connectivity index is 1.99. The molecule has 3 rings (SSSR count). The lowest BCUT2D eigenvalue weighted by Crippen LogP contribution is -2.45. The molecule has 5 heteroatoms. The third-order valence-corrected chi connectivity index (χ3v) is 5.87. The van der Waals surface area contributed by atoms with E-state index in [1.54, 1.807) is 12.1 Å². The average molecular weight is 446 g/mol. The van der Waals surface area contributed by atoms with Gasteiger partial charge in [0.1, 0.15) is 6.04 Å². The molecule has 172 valence electrons. The fourth-order valence-corrected chi connectivity index (χ4v) is 4.20.